The fourth-order valence-electron chi connectivity index (χ4n) is 4.29. The van der Waals surface area contributed by atoms with E-state index >= 15 is 0 Å². The van der Waals surface area contributed by atoms with Crippen LogP contribution in [0.5, 0.6) is 0 Å². The van der Waals surface area contributed by atoms with Crippen molar-refractivity contribution in [2.45, 2.75) is 19.4 Å². The van der Waals surface area contributed by atoms with E-state index in [2.05, 4.69) is 19.8 Å². The van der Waals surface area contributed by atoms with E-state index in [1.807, 2.05) is 18.4 Å². The summed E-state index contributed by atoms with van der Waals surface area (Å²) >= 11 is 0. The van der Waals surface area contributed by atoms with Gasteiger partial charge in [0, 0.05) is 43.9 Å². The summed E-state index contributed by atoms with van der Waals surface area (Å²) in [6.45, 7) is 5.21. The first kappa shape index (κ1) is 15.6. The van der Waals surface area contributed by atoms with Crippen LogP contribution in [0.3, 0.4) is 0 Å². The van der Waals surface area contributed by atoms with Crippen LogP contribution < -0.4 is 4.90 Å². The van der Waals surface area contributed by atoms with Gasteiger partial charge in [-0.1, -0.05) is 0 Å². The number of aromatic nitrogens is 2. The number of aliphatic hydroxyl groups is 1. The second-order valence-electron chi connectivity index (χ2n) is 7.10. The molecule has 0 aromatic carbocycles. The fraction of sp³-hybridized carbons (Fsp3) is 0.556. The molecule has 6 heteroatoms. The van der Waals surface area contributed by atoms with E-state index in [0.717, 1.165) is 51.4 Å². The van der Waals surface area contributed by atoms with Crippen LogP contribution in [0.25, 0.3) is 0 Å². The van der Waals surface area contributed by atoms with Gasteiger partial charge in [0.1, 0.15) is 12.1 Å². The maximum Gasteiger partial charge on any atom is 0.131 e. The van der Waals surface area contributed by atoms with Crippen molar-refractivity contribution in [3.8, 4) is 0 Å². The van der Waals surface area contributed by atoms with Gasteiger partial charge >= 0.3 is 0 Å². The van der Waals surface area contributed by atoms with Crippen molar-refractivity contribution >= 4 is 5.82 Å². The van der Waals surface area contributed by atoms with Gasteiger partial charge < -0.3 is 14.4 Å². The largest absolute Gasteiger partial charge is 0.472 e. The number of anilines is 1. The SMILES string of the molecule is OCC1CN(c2ccncn2)CC12CCN(Cc1ccoc1)CC2. The number of aliphatic hydroxyl groups excluding tert-OH is 1. The number of rotatable bonds is 4. The molecule has 0 aliphatic carbocycles. The van der Waals surface area contributed by atoms with E-state index < -0.39 is 0 Å². The van der Waals surface area contributed by atoms with Crippen molar-refractivity contribution in [2.24, 2.45) is 11.3 Å². The summed E-state index contributed by atoms with van der Waals surface area (Å²) in [5, 5.41) is 9.94. The van der Waals surface area contributed by atoms with Gasteiger partial charge in [0.15, 0.2) is 0 Å². The molecule has 1 N–H and O–H groups in total. The van der Waals surface area contributed by atoms with E-state index in [1.54, 1.807) is 18.8 Å². The quantitative estimate of drug-likeness (QED) is 0.923. The maximum absolute atomic E-state index is 9.94. The van der Waals surface area contributed by atoms with Gasteiger partial charge in [-0.3, -0.25) is 4.90 Å². The van der Waals surface area contributed by atoms with Crippen LogP contribution in [0.15, 0.2) is 41.6 Å². The average Bonchev–Trinajstić information content (AvgIpc) is 3.26. The van der Waals surface area contributed by atoms with Crippen LogP contribution >= 0.6 is 0 Å². The summed E-state index contributed by atoms with van der Waals surface area (Å²) in [6.07, 6.45) is 9.19. The summed E-state index contributed by atoms with van der Waals surface area (Å²) in [7, 11) is 0. The Morgan fingerprint density at radius 2 is 2.17 bits per heavy atom. The Morgan fingerprint density at radius 3 is 2.83 bits per heavy atom. The zero-order valence-electron chi connectivity index (χ0n) is 13.8. The molecule has 2 aromatic heterocycles. The van der Waals surface area contributed by atoms with Crippen LogP contribution in [-0.4, -0.2) is 52.8 Å². The Kier molecular flexibility index (Phi) is 4.24. The molecule has 4 heterocycles. The third kappa shape index (κ3) is 2.91. The molecule has 2 aromatic rings. The normalized spacial score (nSPS) is 23.9. The molecule has 4 rings (SSSR count). The molecule has 24 heavy (non-hydrogen) atoms. The minimum Gasteiger partial charge on any atom is -0.472 e. The standard InChI is InChI=1S/C18H24N4O2/c23-11-16-10-22(17-1-5-19-14-20-17)13-18(16)3-6-21(7-4-18)9-15-2-8-24-12-15/h1-2,5,8,12,14,16,23H,3-4,6-7,9-11,13H2. The smallest absolute Gasteiger partial charge is 0.131 e. The zero-order chi connectivity index (χ0) is 16.4. The van der Waals surface area contributed by atoms with E-state index in [0.29, 0.717) is 5.92 Å². The first-order valence-electron chi connectivity index (χ1n) is 8.64. The lowest BCUT2D eigenvalue weighted by molar-refractivity contribution is 0.0506. The highest BCUT2D eigenvalue weighted by atomic mass is 16.3. The third-order valence-electron chi connectivity index (χ3n) is 5.76. The van der Waals surface area contributed by atoms with Crippen molar-refractivity contribution in [3.05, 3.63) is 42.7 Å². The van der Waals surface area contributed by atoms with Crippen LogP contribution in [0, 0.1) is 11.3 Å². The monoisotopic (exact) mass is 328 g/mol. The van der Waals surface area contributed by atoms with E-state index in [4.69, 9.17) is 4.42 Å². The predicted molar refractivity (Wildman–Crippen MR) is 90.5 cm³/mol. The van der Waals surface area contributed by atoms with Crippen molar-refractivity contribution < 1.29 is 9.52 Å². The van der Waals surface area contributed by atoms with Gasteiger partial charge in [0.25, 0.3) is 0 Å². The summed E-state index contributed by atoms with van der Waals surface area (Å²) in [5.74, 6) is 1.30. The second-order valence-corrected chi connectivity index (χ2v) is 7.10. The molecule has 2 aliphatic rings. The molecule has 1 atom stereocenters. The highest BCUT2D eigenvalue weighted by Gasteiger charge is 2.47. The van der Waals surface area contributed by atoms with Crippen molar-refractivity contribution in [3.63, 3.8) is 0 Å². The van der Waals surface area contributed by atoms with Crippen LogP contribution in [0.2, 0.25) is 0 Å². The first-order valence-corrected chi connectivity index (χ1v) is 8.64. The molecule has 2 aliphatic heterocycles. The van der Waals surface area contributed by atoms with Gasteiger partial charge in [-0.2, -0.15) is 0 Å². The molecular weight excluding hydrogens is 304 g/mol. The number of hydrogen-bond acceptors (Lipinski definition) is 6. The summed E-state index contributed by atoms with van der Waals surface area (Å²) in [4.78, 5) is 13.2. The molecule has 1 unspecified atom stereocenters. The van der Waals surface area contributed by atoms with E-state index in [-0.39, 0.29) is 12.0 Å². The Bertz CT molecular complexity index is 638. The molecule has 6 nitrogen and oxygen atoms in total. The molecule has 1 spiro atoms. The van der Waals surface area contributed by atoms with Crippen LogP contribution in [0.4, 0.5) is 5.82 Å². The van der Waals surface area contributed by atoms with Gasteiger partial charge in [-0.05, 0) is 43.5 Å². The summed E-state index contributed by atoms with van der Waals surface area (Å²) < 4.78 is 5.17. The van der Waals surface area contributed by atoms with Crippen molar-refractivity contribution in [2.75, 3.05) is 37.7 Å². The molecule has 0 radical (unpaired) electrons. The Balaban J connectivity index is 1.43. The number of hydrogen-bond donors (Lipinski definition) is 1. The number of piperidine rings is 1. The minimum absolute atomic E-state index is 0.201. The molecule has 0 amide bonds. The average molecular weight is 328 g/mol. The summed E-state index contributed by atoms with van der Waals surface area (Å²) in [5.41, 5.74) is 1.44. The molecule has 2 saturated heterocycles. The van der Waals surface area contributed by atoms with E-state index in [1.165, 1.54) is 5.56 Å². The zero-order valence-corrected chi connectivity index (χ0v) is 13.8. The highest BCUT2D eigenvalue weighted by Crippen LogP contribution is 2.45. The highest BCUT2D eigenvalue weighted by molar-refractivity contribution is 5.39. The van der Waals surface area contributed by atoms with Gasteiger partial charge in [-0.25, -0.2) is 9.97 Å². The van der Waals surface area contributed by atoms with Crippen LogP contribution in [-0.2, 0) is 6.54 Å². The van der Waals surface area contributed by atoms with Crippen molar-refractivity contribution in [1.82, 2.24) is 14.9 Å². The van der Waals surface area contributed by atoms with Gasteiger partial charge in [-0.15, -0.1) is 0 Å². The lowest BCUT2D eigenvalue weighted by Crippen LogP contribution is -2.44. The van der Waals surface area contributed by atoms with Gasteiger partial charge in [0.05, 0.1) is 12.5 Å². The fourth-order valence-corrected chi connectivity index (χ4v) is 4.29. The minimum atomic E-state index is 0.201. The second kappa shape index (κ2) is 6.53. The van der Waals surface area contributed by atoms with Crippen LogP contribution in [0.1, 0.15) is 18.4 Å². The molecule has 2 fully saturated rings. The van der Waals surface area contributed by atoms with Crippen molar-refractivity contribution in [1.29, 1.82) is 0 Å². The lowest BCUT2D eigenvalue weighted by Gasteiger charge is -2.42. The number of nitrogens with zero attached hydrogens (tertiary/aromatic N) is 4. The Morgan fingerprint density at radius 1 is 1.29 bits per heavy atom. The molecule has 0 bridgehead atoms. The number of likely N-dealkylation sites (tertiary alicyclic amines) is 1. The lowest BCUT2D eigenvalue weighted by atomic mass is 9.71. The molecule has 128 valence electrons. The molecule has 0 saturated carbocycles. The topological polar surface area (TPSA) is 65.6 Å². The molecular formula is C18H24N4O2. The number of furan rings is 1. The summed E-state index contributed by atoms with van der Waals surface area (Å²) in [6, 6.07) is 3.99. The maximum atomic E-state index is 9.94. The first-order chi connectivity index (χ1) is 11.8. The van der Waals surface area contributed by atoms with E-state index in [9.17, 15) is 5.11 Å². The third-order valence-corrected chi connectivity index (χ3v) is 5.76. The van der Waals surface area contributed by atoms with Gasteiger partial charge in [0.2, 0.25) is 0 Å². The Labute approximate surface area is 142 Å². The predicted octanol–water partition coefficient (Wildman–Crippen LogP) is 1.78. The Hall–Kier alpha value is -1.92.